The first-order chi connectivity index (χ1) is 14.5. The lowest BCUT2D eigenvalue weighted by atomic mass is 10.2. The summed E-state index contributed by atoms with van der Waals surface area (Å²) in [5.74, 6) is 2.02. The molecule has 1 aliphatic carbocycles. The van der Waals surface area contributed by atoms with Crippen LogP contribution in [-0.2, 0) is 17.2 Å². The molecule has 6 rings (SSSR count). The maximum Gasteiger partial charge on any atom is 0.227 e. The van der Waals surface area contributed by atoms with Gasteiger partial charge in [-0.2, -0.15) is 4.98 Å². The maximum absolute atomic E-state index is 12.6. The van der Waals surface area contributed by atoms with Crippen LogP contribution in [0.1, 0.15) is 25.0 Å². The molecule has 30 heavy (non-hydrogen) atoms. The van der Waals surface area contributed by atoms with E-state index in [1.165, 1.54) is 5.69 Å². The first-order valence-corrected chi connectivity index (χ1v) is 12.6. The smallest absolute Gasteiger partial charge is 0.227 e. The SMILES string of the molecule is O=S1CCc2nc(N3C[C@H]4CC3CN4c3ccc(Br)cc3)nc(NC3(CO)CC3)c21. The van der Waals surface area contributed by atoms with Crippen LogP contribution in [0, 0.1) is 0 Å². The maximum atomic E-state index is 12.6. The Hall–Kier alpha value is -1.71. The van der Waals surface area contributed by atoms with Crippen LogP contribution in [0.3, 0.4) is 0 Å². The van der Waals surface area contributed by atoms with Gasteiger partial charge in [-0.15, -0.1) is 0 Å². The molecule has 0 spiro atoms. The molecule has 2 aromatic rings. The number of fused-ring (bicyclic) bond motifs is 3. The third-order valence-electron chi connectivity index (χ3n) is 6.87. The van der Waals surface area contributed by atoms with Crippen LogP contribution in [0.4, 0.5) is 17.5 Å². The molecule has 2 bridgehead atoms. The molecule has 0 radical (unpaired) electrons. The number of benzene rings is 1. The van der Waals surface area contributed by atoms with Crippen molar-refractivity contribution in [1.29, 1.82) is 0 Å². The Morgan fingerprint density at radius 1 is 1.17 bits per heavy atom. The van der Waals surface area contributed by atoms with E-state index in [1.807, 2.05) is 0 Å². The van der Waals surface area contributed by atoms with Crippen molar-refractivity contribution in [3.05, 3.63) is 34.4 Å². The second-order valence-corrected chi connectivity index (χ2v) is 11.3. The summed E-state index contributed by atoms with van der Waals surface area (Å²) < 4.78 is 13.7. The lowest BCUT2D eigenvalue weighted by Gasteiger charge is -2.36. The number of hydrogen-bond acceptors (Lipinski definition) is 7. The molecule has 3 aliphatic heterocycles. The first kappa shape index (κ1) is 19.0. The predicted octanol–water partition coefficient (Wildman–Crippen LogP) is 2.31. The number of aryl methyl sites for hydroxylation is 1. The van der Waals surface area contributed by atoms with Crippen molar-refractivity contribution < 1.29 is 9.32 Å². The van der Waals surface area contributed by atoms with E-state index in [1.54, 1.807) is 0 Å². The van der Waals surface area contributed by atoms with Crippen molar-refractivity contribution in [1.82, 2.24) is 9.97 Å². The third-order valence-corrected chi connectivity index (χ3v) is 8.86. The van der Waals surface area contributed by atoms with Crippen LogP contribution in [0.15, 0.2) is 33.6 Å². The quantitative estimate of drug-likeness (QED) is 0.666. The topological polar surface area (TPSA) is 81.6 Å². The van der Waals surface area contributed by atoms with E-state index in [0.29, 0.717) is 23.7 Å². The molecule has 3 atom stereocenters. The molecule has 158 valence electrons. The average Bonchev–Trinajstić information content (AvgIpc) is 3.07. The molecule has 4 aliphatic rings. The fourth-order valence-corrected chi connectivity index (χ4v) is 6.55. The molecule has 2 unspecified atom stereocenters. The Bertz CT molecular complexity index is 1030. The van der Waals surface area contributed by atoms with Crippen LogP contribution < -0.4 is 15.1 Å². The summed E-state index contributed by atoms with van der Waals surface area (Å²) in [5, 5.41) is 13.2. The second-order valence-electron chi connectivity index (χ2n) is 8.84. The Kier molecular flexibility index (Phi) is 4.37. The minimum absolute atomic E-state index is 0.0737. The molecule has 1 saturated carbocycles. The van der Waals surface area contributed by atoms with Gasteiger partial charge in [-0.1, -0.05) is 15.9 Å². The summed E-state index contributed by atoms with van der Waals surface area (Å²) in [6, 6.07) is 9.35. The zero-order valence-corrected chi connectivity index (χ0v) is 19.0. The number of aliphatic hydroxyl groups is 1. The molecule has 3 fully saturated rings. The van der Waals surface area contributed by atoms with Crippen molar-refractivity contribution >= 4 is 44.2 Å². The van der Waals surface area contributed by atoms with Crippen molar-refractivity contribution in [2.24, 2.45) is 0 Å². The zero-order chi connectivity index (χ0) is 20.5. The summed E-state index contributed by atoms with van der Waals surface area (Å²) in [4.78, 5) is 15.3. The molecule has 1 aromatic heterocycles. The van der Waals surface area contributed by atoms with Gasteiger partial charge in [0.25, 0.3) is 0 Å². The van der Waals surface area contributed by atoms with Gasteiger partial charge in [0.2, 0.25) is 5.95 Å². The van der Waals surface area contributed by atoms with Crippen molar-refractivity contribution in [3.63, 3.8) is 0 Å². The number of piperazine rings is 1. The number of hydrogen-bond donors (Lipinski definition) is 2. The minimum atomic E-state index is -1.06. The van der Waals surface area contributed by atoms with Crippen LogP contribution in [0.25, 0.3) is 0 Å². The molecule has 9 heteroatoms. The van der Waals surface area contributed by atoms with Crippen LogP contribution >= 0.6 is 15.9 Å². The van der Waals surface area contributed by atoms with Crippen molar-refractivity contribution in [2.45, 2.75) is 48.2 Å². The zero-order valence-electron chi connectivity index (χ0n) is 16.6. The molecule has 2 saturated heterocycles. The van der Waals surface area contributed by atoms with E-state index in [4.69, 9.17) is 9.97 Å². The summed E-state index contributed by atoms with van der Waals surface area (Å²) in [7, 11) is -1.06. The van der Waals surface area contributed by atoms with E-state index >= 15 is 0 Å². The number of anilines is 3. The Labute approximate surface area is 186 Å². The Morgan fingerprint density at radius 2 is 1.90 bits per heavy atom. The summed E-state index contributed by atoms with van der Waals surface area (Å²) >= 11 is 3.51. The highest BCUT2D eigenvalue weighted by Gasteiger charge is 2.46. The fraction of sp³-hybridized carbons (Fsp3) is 0.524. The lowest BCUT2D eigenvalue weighted by molar-refractivity contribution is 0.265. The third kappa shape index (κ3) is 3.05. The number of aliphatic hydroxyl groups excluding tert-OH is 1. The molecule has 2 N–H and O–H groups in total. The van der Waals surface area contributed by atoms with Gasteiger partial charge in [0.05, 0.1) is 34.7 Å². The Balaban J connectivity index is 1.28. The highest BCUT2D eigenvalue weighted by molar-refractivity contribution is 9.10. The van der Waals surface area contributed by atoms with E-state index in [9.17, 15) is 9.32 Å². The number of rotatable bonds is 5. The van der Waals surface area contributed by atoms with E-state index in [0.717, 1.165) is 59.8 Å². The van der Waals surface area contributed by atoms with Crippen LogP contribution in [0.2, 0.25) is 0 Å². The molecular weight excluding hydrogens is 466 g/mol. The molecular formula is C21H24BrN5O2S. The molecule has 7 nitrogen and oxygen atoms in total. The molecule has 1 aromatic carbocycles. The summed E-state index contributed by atoms with van der Waals surface area (Å²) in [6.45, 7) is 1.93. The van der Waals surface area contributed by atoms with Crippen molar-refractivity contribution in [3.8, 4) is 0 Å². The summed E-state index contributed by atoms with van der Waals surface area (Å²) in [5.41, 5.74) is 1.87. The van der Waals surface area contributed by atoms with Gasteiger partial charge in [0, 0.05) is 41.5 Å². The lowest BCUT2D eigenvalue weighted by Crippen LogP contribution is -2.47. The highest BCUT2D eigenvalue weighted by Crippen LogP contribution is 2.42. The van der Waals surface area contributed by atoms with Gasteiger partial charge < -0.3 is 20.2 Å². The van der Waals surface area contributed by atoms with Crippen molar-refractivity contribution in [2.75, 3.05) is 40.6 Å². The molecule has 4 heterocycles. The standard InChI is InChI=1S/C21H24BrN5O2S/c22-13-1-3-14(4-2-13)26-10-16-9-15(26)11-27(16)20-23-17-5-8-30(29)18(17)19(24-20)25-21(12-28)6-7-21/h1-4,15-16,28H,5-12H2,(H,23,24,25)/t15-,16?,30?/m1/s1. The number of halogens is 1. The normalized spacial score (nSPS) is 28.1. The largest absolute Gasteiger partial charge is 0.394 e. The fourth-order valence-electron chi connectivity index (χ4n) is 4.98. The van der Waals surface area contributed by atoms with E-state index in [-0.39, 0.29) is 12.1 Å². The van der Waals surface area contributed by atoms with Gasteiger partial charge in [0.15, 0.2) is 0 Å². The first-order valence-electron chi connectivity index (χ1n) is 10.5. The number of nitrogens with one attached hydrogen (secondary N) is 1. The average molecular weight is 490 g/mol. The van der Waals surface area contributed by atoms with Gasteiger partial charge in [0.1, 0.15) is 10.7 Å². The van der Waals surface area contributed by atoms with E-state index in [2.05, 4.69) is 55.3 Å². The number of nitrogens with zero attached hydrogens (tertiary/aromatic N) is 4. The summed E-state index contributed by atoms with van der Waals surface area (Å²) in [6.07, 6.45) is 3.67. The number of aromatic nitrogens is 2. The van der Waals surface area contributed by atoms with Gasteiger partial charge in [-0.25, -0.2) is 4.98 Å². The van der Waals surface area contributed by atoms with Crippen LogP contribution in [-0.4, -0.2) is 62.4 Å². The van der Waals surface area contributed by atoms with Gasteiger partial charge in [-0.3, -0.25) is 4.21 Å². The van der Waals surface area contributed by atoms with E-state index < -0.39 is 10.8 Å². The predicted molar refractivity (Wildman–Crippen MR) is 121 cm³/mol. The Morgan fingerprint density at radius 3 is 2.57 bits per heavy atom. The van der Waals surface area contributed by atoms with Gasteiger partial charge >= 0.3 is 0 Å². The van der Waals surface area contributed by atoms with Crippen LogP contribution in [0.5, 0.6) is 0 Å². The minimum Gasteiger partial charge on any atom is -0.394 e. The molecule has 0 amide bonds. The highest BCUT2D eigenvalue weighted by atomic mass is 79.9. The van der Waals surface area contributed by atoms with Gasteiger partial charge in [-0.05, 0) is 43.5 Å². The monoisotopic (exact) mass is 489 g/mol. The second kappa shape index (κ2) is 6.90.